The SMILES string of the molecule is CC(C)Cc1ccc(C(Nc2ccc3nnnn3n2)c2cccs2)cc1. The molecule has 1 atom stereocenters. The van der Waals surface area contributed by atoms with Crippen LogP contribution in [0.4, 0.5) is 5.82 Å². The molecule has 0 aliphatic heterocycles. The summed E-state index contributed by atoms with van der Waals surface area (Å²) >= 11 is 1.73. The number of hydrogen-bond donors (Lipinski definition) is 1. The maximum Gasteiger partial charge on any atom is 0.200 e. The van der Waals surface area contributed by atoms with E-state index in [1.807, 2.05) is 12.1 Å². The lowest BCUT2D eigenvalue weighted by Crippen LogP contribution is -2.13. The first-order chi connectivity index (χ1) is 12.7. The third-order valence-corrected chi connectivity index (χ3v) is 5.08. The van der Waals surface area contributed by atoms with Gasteiger partial charge in [-0.15, -0.1) is 26.2 Å². The summed E-state index contributed by atoms with van der Waals surface area (Å²) in [7, 11) is 0. The summed E-state index contributed by atoms with van der Waals surface area (Å²) < 4.78 is 1.43. The van der Waals surface area contributed by atoms with Crippen LogP contribution >= 0.6 is 11.3 Å². The molecular weight excluding hydrogens is 344 g/mol. The van der Waals surface area contributed by atoms with Gasteiger partial charge in [0.25, 0.3) is 0 Å². The van der Waals surface area contributed by atoms with E-state index in [-0.39, 0.29) is 6.04 Å². The quantitative estimate of drug-likeness (QED) is 0.560. The molecule has 4 rings (SSSR count). The van der Waals surface area contributed by atoms with Crippen LogP contribution in [0.3, 0.4) is 0 Å². The fraction of sp³-hybridized carbons (Fsp3) is 0.263. The molecule has 6 nitrogen and oxygen atoms in total. The topological polar surface area (TPSA) is 68.0 Å². The minimum atomic E-state index is 0.0320. The molecule has 0 amide bonds. The summed E-state index contributed by atoms with van der Waals surface area (Å²) in [5.41, 5.74) is 3.20. The molecule has 1 unspecified atom stereocenters. The molecule has 0 saturated carbocycles. The maximum absolute atomic E-state index is 4.44. The van der Waals surface area contributed by atoms with E-state index in [1.54, 1.807) is 11.3 Å². The molecule has 0 spiro atoms. The first-order valence-electron chi connectivity index (χ1n) is 8.63. The van der Waals surface area contributed by atoms with E-state index in [1.165, 1.54) is 20.6 Å². The zero-order valence-electron chi connectivity index (χ0n) is 14.7. The largest absolute Gasteiger partial charge is 0.357 e. The van der Waals surface area contributed by atoms with Crippen molar-refractivity contribution in [3.8, 4) is 0 Å². The lowest BCUT2D eigenvalue weighted by atomic mass is 9.99. The summed E-state index contributed by atoms with van der Waals surface area (Å²) in [4.78, 5) is 1.24. The lowest BCUT2D eigenvalue weighted by molar-refractivity contribution is 0.647. The Hall–Kier alpha value is -2.80. The lowest BCUT2D eigenvalue weighted by Gasteiger charge is -2.19. The second-order valence-electron chi connectivity index (χ2n) is 6.68. The highest BCUT2D eigenvalue weighted by Gasteiger charge is 2.16. The summed E-state index contributed by atoms with van der Waals surface area (Å²) in [6.07, 6.45) is 1.09. The monoisotopic (exact) mass is 364 g/mol. The number of nitrogens with zero attached hydrogens (tertiary/aromatic N) is 5. The minimum absolute atomic E-state index is 0.0320. The highest BCUT2D eigenvalue weighted by molar-refractivity contribution is 7.10. The molecule has 0 aliphatic rings. The third kappa shape index (κ3) is 3.57. The molecule has 0 fully saturated rings. The number of tetrazole rings is 1. The van der Waals surface area contributed by atoms with Gasteiger partial charge in [-0.2, -0.15) is 0 Å². The fourth-order valence-corrected chi connectivity index (χ4v) is 3.77. The zero-order chi connectivity index (χ0) is 17.9. The number of thiophene rings is 1. The van der Waals surface area contributed by atoms with Gasteiger partial charge in [0.05, 0.1) is 6.04 Å². The first kappa shape index (κ1) is 16.7. The Morgan fingerprint density at radius 1 is 1.08 bits per heavy atom. The van der Waals surface area contributed by atoms with E-state index < -0.39 is 0 Å². The third-order valence-electron chi connectivity index (χ3n) is 4.15. The molecule has 1 N–H and O–H groups in total. The maximum atomic E-state index is 4.44. The van der Waals surface area contributed by atoms with Gasteiger partial charge in [-0.05, 0) is 57.5 Å². The van der Waals surface area contributed by atoms with Crippen LogP contribution in [0.2, 0.25) is 0 Å². The fourth-order valence-electron chi connectivity index (χ4n) is 2.97. The summed E-state index contributed by atoms with van der Waals surface area (Å²) in [5, 5.41) is 21.5. The molecule has 0 saturated heterocycles. The van der Waals surface area contributed by atoms with Crippen LogP contribution in [0.1, 0.15) is 35.9 Å². The minimum Gasteiger partial charge on any atom is -0.357 e. The average Bonchev–Trinajstić information content (AvgIpc) is 3.31. The molecule has 0 bridgehead atoms. The summed E-state index contributed by atoms with van der Waals surface area (Å²) in [6, 6.07) is 16.8. The first-order valence-corrected chi connectivity index (χ1v) is 9.51. The van der Waals surface area contributed by atoms with E-state index in [9.17, 15) is 0 Å². The number of aromatic nitrogens is 5. The van der Waals surface area contributed by atoms with Crippen molar-refractivity contribution >= 4 is 22.8 Å². The predicted octanol–water partition coefficient (Wildman–Crippen LogP) is 3.98. The van der Waals surface area contributed by atoms with Crippen LogP contribution in [0.15, 0.2) is 53.9 Å². The predicted molar refractivity (Wildman–Crippen MR) is 103 cm³/mol. The van der Waals surface area contributed by atoms with Crippen molar-refractivity contribution in [3.63, 3.8) is 0 Å². The molecule has 132 valence electrons. The number of rotatable bonds is 6. The van der Waals surface area contributed by atoms with E-state index in [0.29, 0.717) is 11.6 Å². The molecule has 26 heavy (non-hydrogen) atoms. The van der Waals surface area contributed by atoms with Crippen LogP contribution in [0.25, 0.3) is 5.65 Å². The molecule has 4 aromatic rings. The van der Waals surface area contributed by atoms with Crippen LogP contribution in [-0.2, 0) is 6.42 Å². The van der Waals surface area contributed by atoms with Crippen LogP contribution in [-0.4, -0.2) is 25.3 Å². The van der Waals surface area contributed by atoms with Gasteiger partial charge in [-0.1, -0.05) is 44.2 Å². The van der Waals surface area contributed by atoms with Crippen molar-refractivity contribution in [2.45, 2.75) is 26.3 Å². The van der Waals surface area contributed by atoms with Crippen molar-refractivity contribution in [1.29, 1.82) is 0 Å². The number of fused-ring (bicyclic) bond motifs is 1. The summed E-state index contributed by atoms with van der Waals surface area (Å²) in [5.74, 6) is 1.38. The Labute approximate surface area is 155 Å². The highest BCUT2D eigenvalue weighted by Crippen LogP contribution is 2.29. The Kier molecular flexibility index (Phi) is 4.62. The molecule has 1 aromatic carbocycles. The van der Waals surface area contributed by atoms with Gasteiger partial charge in [0, 0.05) is 4.88 Å². The van der Waals surface area contributed by atoms with Gasteiger partial charge in [0.1, 0.15) is 5.82 Å². The van der Waals surface area contributed by atoms with Gasteiger partial charge in [-0.25, -0.2) is 0 Å². The van der Waals surface area contributed by atoms with E-state index in [4.69, 9.17) is 0 Å². The smallest absolute Gasteiger partial charge is 0.200 e. The molecule has 3 heterocycles. The number of benzene rings is 1. The zero-order valence-corrected chi connectivity index (χ0v) is 15.5. The molecule has 0 radical (unpaired) electrons. The molecule has 3 aromatic heterocycles. The van der Waals surface area contributed by atoms with Crippen molar-refractivity contribution in [2.75, 3.05) is 5.32 Å². The van der Waals surface area contributed by atoms with E-state index >= 15 is 0 Å². The van der Waals surface area contributed by atoms with Crippen molar-refractivity contribution in [3.05, 3.63) is 69.9 Å². The molecular formula is C19H20N6S. The van der Waals surface area contributed by atoms with Gasteiger partial charge in [-0.3, -0.25) is 0 Å². The van der Waals surface area contributed by atoms with Crippen LogP contribution < -0.4 is 5.32 Å². The molecule has 7 heteroatoms. The second kappa shape index (κ2) is 7.21. The Morgan fingerprint density at radius 2 is 1.92 bits per heavy atom. The summed E-state index contributed by atoms with van der Waals surface area (Å²) in [6.45, 7) is 4.48. The van der Waals surface area contributed by atoms with Gasteiger partial charge < -0.3 is 5.32 Å². The van der Waals surface area contributed by atoms with Crippen LogP contribution in [0.5, 0.6) is 0 Å². The van der Waals surface area contributed by atoms with Gasteiger partial charge in [0.2, 0.25) is 0 Å². The van der Waals surface area contributed by atoms with Crippen LogP contribution in [0, 0.1) is 5.92 Å². The Balaban J connectivity index is 1.64. The normalized spacial score (nSPS) is 12.6. The number of hydrogen-bond acceptors (Lipinski definition) is 6. The van der Waals surface area contributed by atoms with E-state index in [2.05, 4.69) is 81.6 Å². The number of anilines is 1. The Morgan fingerprint density at radius 3 is 2.65 bits per heavy atom. The highest BCUT2D eigenvalue weighted by atomic mass is 32.1. The van der Waals surface area contributed by atoms with Gasteiger partial charge >= 0.3 is 0 Å². The van der Waals surface area contributed by atoms with Crippen molar-refractivity contribution in [1.82, 2.24) is 25.3 Å². The Bertz CT molecular complexity index is 975. The second-order valence-corrected chi connectivity index (χ2v) is 7.66. The van der Waals surface area contributed by atoms with Gasteiger partial charge in [0.15, 0.2) is 5.65 Å². The van der Waals surface area contributed by atoms with Crippen molar-refractivity contribution < 1.29 is 0 Å². The van der Waals surface area contributed by atoms with Crippen molar-refractivity contribution in [2.24, 2.45) is 5.92 Å². The standard InChI is InChI=1S/C19H20N6S/c1-13(2)12-14-5-7-15(8-6-14)19(16-4-3-11-26-16)20-17-9-10-18-21-23-24-25(18)22-17/h3-11,13,19H,12H2,1-2H3,(H,20,22). The molecule has 0 aliphatic carbocycles. The number of nitrogens with one attached hydrogen (secondary N) is 1. The average molecular weight is 364 g/mol. The van der Waals surface area contributed by atoms with E-state index in [0.717, 1.165) is 12.2 Å².